The lowest BCUT2D eigenvalue weighted by molar-refractivity contribution is -0.736. The normalized spacial score (nSPS) is 11.6. The summed E-state index contributed by atoms with van der Waals surface area (Å²) in [7, 11) is 1.72. The van der Waals surface area contributed by atoms with E-state index >= 15 is 0 Å². The van der Waals surface area contributed by atoms with Crippen LogP contribution < -0.4 is 16.0 Å². The minimum absolute atomic E-state index is 0.0702. The number of alkyl halides is 2. The lowest BCUT2D eigenvalue weighted by Gasteiger charge is -2.24. The van der Waals surface area contributed by atoms with E-state index in [0.717, 1.165) is 0 Å². The standard InChI is InChI=1S/C8H19Cl2N9O6/c1-11-4-13-5-12-2-8(10)16(19(24)25)7-15(18(22)23)6-14(3-9)17(20)21/h8,11-13H,2-7H2,1H3. The van der Waals surface area contributed by atoms with Crippen molar-refractivity contribution in [1.29, 1.82) is 0 Å². The maximum atomic E-state index is 11.1. The van der Waals surface area contributed by atoms with Crippen LogP contribution in [0.25, 0.3) is 0 Å². The summed E-state index contributed by atoms with van der Waals surface area (Å²) in [4.78, 5) is 32.8. The van der Waals surface area contributed by atoms with Gasteiger partial charge in [-0.2, -0.15) is 0 Å². The SMILES string of the molecule is CNCNCNCC(Cl)N(CN(CN(CCl)[N+](=O)[O-])[N+](=O)[O-])[N+](=O)[O-]. The molecule has 0 aromatic carbocycles. The third kappa shape index (κ3) is 9.20. The van der Waals surface area contributed by atoms with Gasteiger partial charge in [0.15, 0.2) is 26.6 Å². The zero-order valence-corrected chi connectivity index (χ0v) is 14.7. The van der Waals surface area contributed by atoms with Gasteiger partial charge in [0.1, 0.15) is 0 Å². The predicted octanol–water partition coefficient (Wildman–Crippen LogP) is -1.54. The predicted molar refractivity (Wildman–Crippen MR) is 86.5 cm³/mol. The molecule has 0 saturated carbocycles. The van der Waals surface area contributed by atoms with Crippen molar-refractivity contribution in [3.05, 3.63) is 30.3 Å². The fraction of sp³-hybridized carbons (Fsp3) is 1.00. The van der Waals surface area contributed by atoms with Crippen molar-refractivity contribution in [2.45, 2.75) is 5.50 Å². The third-order valence-corrected chi connectivity index (χ3v) is 3.29. The first-order chi connectivity index (χ1) is 11.7. The van der Waals surface area contributed by atoms with E-state index in [1.165, 1.54) is 0 Å². The summed E-state index contributed by atoms with van der Waals surface area (Å²) in [5.74, 6) is 0. The van der Waals surface area contributed by atoms with E-state index in [2.05, 4.69) is 16.0 Å². The van der Waals surface area contributed by atoms with E-state index < -0.39 is 39.9 Å². The average Bonchev–Trinajstić information content (AvgIpc) is 2.53. The quantitative estimate of drug-likeness (QED) is 0.0712. The number of hydrogen-bond acceptors (Lipinski definition) is 9. The van der Waals surface area contributed by atoms with Crippen molar-refractivity contribution in [3.63, 3.8) is 0 Å². The van der Waals surface area contributed by atoms with E-state index in [0.29, 0.717) is 16.7 Å². The van der Waals surface area contributed by atoms with Crippen molar-refractivity contribution >= 4 is 23.2 Å². The minimum atomic E-state index is -1.24. The molecule has 0 heterocycles. The molecule has 0 aliphatic heterocycles. The Bertz CT molecular complexity index is 446. The second-order valence-electron chi connectivity index (χ2n) is 4.41. The topological polar surface area (TPSA) is 175 Å². The van der Waals surface area contributed by atoms with Crippen LogP contribution in [0.4, 0.5) is 0 Å². The van der Waals surface area contributed by atoms with Gasteiger partial charge in [0.25, 0.3) is 0 Å². The Morgan fingerprint density at radius 1 is 0.960 bits per heavy atom. The highest BCUT2D eigenvalue weighted by atomic mass is 35.5. The highest BCUT2D eigenvalue weighted by Crippen LogP contribution is 2.07. The molecule has 0 saturated heterocycles. The van der Waals surface area contributed by atoms with E-state index in [4.69, 9.17) is 23.2 Å². The highest BCUT2D eigenvalue weighted by molar-refractivity contribution is 6.20. The van der Waals surface area contributed by atoms with E-state index in [1.54, 1.807) is 7.05 Å². The molecule has 0 rings (SSSR count). The van der Waals surface area contributed by atoms with Gasteiger partial charge in [-0.1, -0.05) is 38.2 Å². The summed E-state index contributed by atoms with van der Waals surface area (Å²) in [6.07, 6.45) is 0. The van der Waals surface area contributed by atoms with Crippen LogP contribution in [0.15, 0.2) is 0 Å². The van der Waals surface area contributed by atoms with Crippen LogP contribution in [0, 0.1) is 30.3 Å². The number of hydrogen-bond donors (Lipinski definition) is 3. The summed E-state index contributed by atoms with van der Waals surface area (Å²) in [6.45, 7) is -1.05. The molecule has 0 amide bonds. The number of rotatable bonds is 15. The molecule has 1 unspecified atom stereocenters. The Morgan fingerprint density at radius 2 is 1.56 bits per heavy atom. The second-order valence-corrected chi connectivity index (χ2v) is 5.16. The molecule has 0 aromatic rings. The first-order valence-corrected chi connectivity index (χ1v) is 7.67. The van der Waals surface area contributed by atoms with Crippen LogP contribution in [0.5, 0.6) is 0 Å². The first-order valence-electron chi connectivity index (χ1n) is 6.70. The van der Waals surface area contributed by atoms with Gasteiger partial charge in [0.05, 0.1) is 0 Å². The average molecular weight is 408 g/mol. The van der Waals surface area contributed by atoms with Gasteiger partial charge in [-0.15, -0.1) is 0 Å². The molecule has 146 valence electrons. The second kappa shape index (κ2) is 12.4. The van der Waals surface area contributed by atoms with Crippen molar-refractivity contribution < 1.29 is 15.1 Å². The fourth-order valence-corrected chi connectivity index (χ4v) is 1.86. The molecular weight excluding hydrogens is 389 g/mol. The summed E-state index contributed by atoms with van der Waals surface area (Å²) in [5.41, 5.74) is -1.24. The van der Waals surface area contributed by atoms with Crippen LogP contribution in [0.3, 0.4) is 0 Å². The fourth-order valence-electron chi connectivity index (χ4n) is 1.45. The van der Waals surface area contributed by atoms with Crippen LogP contribution in [0.1, 0.15) is 0 Å². The maximum absolute atomic E-state index is 11.1. The molecule has 0 aliphatic carbocycles. The molecule has 15 nitrogen and oxygen atoms in total. The van der Waals surface area contributed by atoms with Gasteiger partial charge < -0.3 is 10.6 Å². The molecule has 1 atom stereocenters. The smallest absolute Gasteiger partial charge is 0.212 e. The van der Waals surface area contributed by atoms with Crippen LogP contribution in [-0.4, -0.2) is 81.9 Å². The molecular formula is C8H19Cl2N9O6. The molecule has 0 bridgehead atoms. The van der Waals surface area contributed by atoms with E-state index in [9.17, 15) is 30.3 Å². The van der Waals surface area contributed by atoms with Crippen molar-refractivity contribution in [3.8, 4) is 0 Å². The first kappa shape index (κ1) is 23.1. The van der Waals surface area contributed by atoms with Crippen LogP contribution in [0.2, 0.25) is 0 Å². The van der Waals surface area contributed by atoms with Crippen molar-refractivity contribution in [2.75, 3.05) is 46.3 Å². The van der Waals surface area contributed by atoms with Gasteiger partial charge in [-0.25, -0.2) is 30.3 Å². The lowest BCUT2D eigenvalue weighted by atomic mass is 10.6. The Morgan fingerprint density at radius 3 is 2.00 bits per heavy atom. The largest absolute Gasteiger partial charge is 0.308 e. The van der Waals surface area contributed by atoms with Gasteiger partial charge >= 0.3 is 0 Å². The molecule has 0 radical (unpaired) electrons. The van der Waals surface area contributed by atoms with E-state index in [-0.39, 0.29) is 18.2 Å². The number of hydrazine groups is 3. The number of nitrogens with one attached hydrogen (secondary N) is 3. The molecule has 25 heavy (non-hydrogen) atoms. The van der Waals surface area contributed by atoms with Gasteiger partial charge in [0.2, 0.25) is 13.3 Å². The Labute approximate surface area is 152 Å². The Balaban J connectivity index is 4.78. The summed E-state index contributed by atoms with van der Waals surface area (Å²) >= 11 is 11.2. The van der Waals surface area contributed by atoms with Gasteiger partial charge in [0, 0.05) is 19.9 Å². The monoisotopic (exact) mass is 407 g/mol. The molecule has 3 N–H and O–H groups in total. The van der Waals surface area contributed by atoms with E-state index in [1.807, 2.05) is 0 Å². The van der Waals surface area contributed by atoms with Crippen LogP contribution in [-0.2, 0) is 0 Å². The Kier molecular flexibility index (Phi) is 11.5. The van der Waals surface area contributed by atoms with Crippen molar-refractivity contribution in [2.24, 2.45) is 0 Å². The third-order valence-electron chi connectivity index (χ3n) is 2.63. The molecule has 0 aromatic heterocycles. The highest BCUT2D eigenvalue weighted by Gasteiger charge is 2.33. The number of nitro groups is 3. The minimum Gasteiger partial charge on any atom is -0.308 e. The molecule has 0 aliphatic rings. The number of nitrogens with zero attached hydrogens (tertiary/aromatic N) is 6. The maximum Gasteiger partial charge on any atom is 0.212 e. The zero-order valence-electron chi connectivity index (χ0n) is 13.2. The van der Waals surface area contributed by atoms with Gasteiger partial charge in [-0.05, 0) is 7.05 Å². The molecule has 0 fully saturated rings. The lowest BCUT2D eigenvalue weighted by Crippen LogP contribution is -2.53. The summed E-state index contributed by atoms with van der Waals surface area (Å²) in [6, 6.07) is -0.640. The van der Waals surface area contributed by atoms with Gasteiger partial charge in [-0.3, -0.25) is 5.32 Å². The van der Waals surface area contributed by atoms with Crippen LogP contribution >= 0.6 is 23.2 Å². The Hall–Kier alpha value is -1.94. The zero-order chi connectivity index (χ0) is 19.4. The van der Waals surface area contributed by atoms with Crippen molar-refractivity contribution in [1.82, 2.24) is 31.0 Å². The number of halogens is 2. The summed E-state index contributed by atoms with van der Waals surface area (Å²) in [5, 5.41) is 39.3. The molecule has 0 spiro atoms. The summed E-state index contributed by atoms with van der Waals surface area (Å²) < 4.78 is 0. The molecule has 17 heteroatoms.